The van der Waals surface area contributed by atoms with Gasteiger partial charge in [-0.25, -0.2) is 0 Å². The van der Waals surface area contributed by atoms with Gasteiger partial charge in [-0.3, -0.25) is 0 Å². The Kier molecular flexibility index (Phi) is 2.08. The fourth-order valence-electron chi connectivity index (χ4n) is 2.53. The van der Waals surface area contributed by atoms with Crippen molar-refractivity contribution in [3.8, 4) is 0 Å². The minimum absolute atomic E-state index is 0.681. The third-order valence-corrected chi connectivity index (χ3v) is 3.18. The van der Waals surface area contributed by atoms with Crippen LogP contribution >= 0.6 is 0 Å². The van der Waals surface area contributed by atoms with Crippen molar-refractivity contribution in [2.45, 2.75) is 46.0 Å². The summed E-state index contributed by atoms with van der Waals surface area (Å²) in [6, 6.07) is 0. The molecule has 0 N–H and O–H groups in total. The van der Waals surface area contributed by atoms with Crippen molar-refractivity contribution in [2.75, 3.05) is 0 Å². The van der Waals surface area contributed by atoms with Crippen molar-refractivity contribution in [2.24, 2.45) is 5.92 Å². The average molecular weight is 161 g/mol. The van der Waals surface area contributed by atoms with Gasteiger partial charge in [-0.2, -0.15) is 0 Å². The predicted octanol–water partition coefficient (Wildman–Crippen LogP) is 3.65. The van der Waals surface area contributed by atoms with Crippen LogP contribution < -0.4 is 0 Å². The van der Waals surface area contributed by atoms with Gasteiger partial charge in [-0.15, -0.1) is 0 Å². The highest BCUT2D eigenvalue weighted by atomic mass is 14.3. The summed E-state index contributed by atoms with van der Waals surface area (Å²) >= 11 is 0. The van der Waals surface area contributed by atoms with Crippen molar-refractivity contribution in [3.63, 3.8) is 0 Å². The van der Waals surface area contributed by atoms with Gasteiger partial charge in [0.05, 0.1) is 0 Å². The van der Waals surface area contributed by atoms with Gasteiger partial charge in [0.25, 0.3) is 0 Å². The highest BCUT2D eigenvalue weighted by molar-refractivity contribution is 5.42. The molecule has 0 spiro atoms. The zero-order chi connectivity index (χ0) is 8.55. The first-order chi connectivity index (χ1) is 5.83. The zero-order valence-electron chi connectivity index (χ0n) is 8.11. The molecule has 0 fully saturated rings. The standard InChI is InChI=1S/C12H17/c1-3-10-8-9(2)11-6-4-5-7-12(10)11/h10H,3-7H2,1-2H3. The molecule has 0 nitrogen and oxygen atoms in total. The molecule has 2 aliphatic carbocycles. The monoisotopic (exact) mass is 161 g/mol. The summed E-state index contributed by atoms with van der Waals surface area (Å²) in [6.45, 7) is 4.51. The highest BCUT2D eigenvalue weighted by Gasteiger charge is 2.24. The van der Waals surface area contributed by atoms with E-state index in [-0.39, 0.29) is 0 Å². The summed E-state index contributed by atoms with van der Waals surface area (Å²) in [7, 11) is 0. The molecule has 0 amide bonds. The molecule has 1 unspecified atom stereocenters. The molecule has 2 aliphatic rings. The Bertz CT molecular complexity index is 243. The van der Waals surface area contributed by atoms with Crippen LogP contribution in [-0.2, 0) is 0 Å². The van der Waals surface area contributed by atoms with E-state index in [2.05, 4.69) is 19.9 Å². The SMILES string of the molecule is CCC1[C]=C(C)C2=C1CCCC2. The van der Waals surface area contributed by atoms with Gasteiger partial charge in [0.2, 0.25) is 0 Å². The second-order valence-corrected chi connectivity index (χ2v) is 3.94. The maximum atomic E-state index is 3.59. The second-order valence-electron chi connectivity index (χ2n) is 3.94. The lowest BCUT2D eigenvalue weighted by Gasteiger charge is -2.18. The Morgan fingerprint density at radius 1 is 1.33 bits per heavy atom. The van der Waals surface area contributed by atoms with Crippen LogP contribution in [0.2, 0.25) is 0 Å². The second kappa shape index (κ2) is 3.08. The molecular formula is C12H17. The van der Waals surface area contributed by atoms with Crippen molar-refractivity contribution in [3.05, 3.63) is 22.8 Å². The van der Waals surface area contributed by atoms with Gasteiger partial charge >= 0.3 is 0 Å². The Hall–Kier alpha value is -0.520. The van der Waals surface area contributed by atoms with Crippen molar-refractivity contribution < 1.29 is 0 Å². The molecular weight excluding hydrogens is 144 g/mol. The van der Waals surface area contributed by atoms with Crippen molar-refractivity contribution >= 4 is 0 Å². The first kappa shape index (κ1) is 8.10. The van der Waals surface area contributed by atoms with E-state index in [1.165, 1.54) is 37.7 Å². The van der Waals surface area contributed by atoms with Gasteiger partial charge in [-0.05, 0) is 56.3 Å². The summed E-state index contributed by atoms with van der Waals surface area (Å²) in [5.41, 5.74) is 4.84. The van der Waals surface area contributed by atoms with Crippen LogP contribution in [0, 0.1) is 12.0 Å². The molecule has 0 heteroatoms. The highest BCUT2D eigenvalue weighted by Crippen LogP contribution is 2.40. The molecule has 1 atom stereocenters. The molecule has 2 rings (SSSR count). The zero-order valence-corrected chi connectivity index (χ0v) is 8.11. The molecule has 12 heavy (non-hydrogen) atoms. The van der Waals surface area contributed by atoms with E-state index >= 15 is 0 Å². The molecule has 0 saturated heterocycles. The summed E-state index contributed by atoms with van der Waals surface area (Å²) in [4.78, 5) is 0. The molecule has 0 saturated carbocycles. The third kappa shape index (κ3) is 1.14. The molecule has 65 valence electrons. The van der Waals surface area contributed by atoms with Crippen LogP contribution in [0.1, 0.15) is 46.0 Å². The molecule has 0 heterocycles. The number of hydrogen-bond acceptors (Lipinski definition) is 0. The minimum Gasteiger partial charge on any atom is -0.0645 e. The van der Waals surface area contributed by atoms with Crippen LogP contribution in [0.3, 0.4) is 0 Å². The quantitative estimate of drug-likeness (QED) is 0.550. The van der Waals surface area contributed by atoms with E-state index in [0.717, 1.165) is 0 Å². The summed E-state index contributed by atoms with van der Waals surface area (Å²) < 4.78 is 0. The average Bonchev–Trinajstić information content (AvgIpc) is 2.44. The van der Waals surface area contributed by atoms with Crippen molar-refractivity contribution in [1.82, 2.24) is 0 Å². The minimum atomic E-state index is 0.681. The van der Waals surface area contributed by atoms with Gasteiger partial charge in [0.1, 0.15) is 0 Å². The smallest absolute Gasteiger partial charge is 0.00572 e. The van der Waals surface area contributed by atoms with Gasteiger partial charge < -0.3 is 0 Å². The lowest BCUT2D eigenvalue weighted by atomic mass is 9.87. The molecule has 0 aliphatic heterocycles. The third-order valence-electron chi connectivity index (χ3n) is 3.18. The summed E-state index contributed by atoms with van der Waals surface area (Å²) in [5.74, 6) is 0.681. The maximum absolute atomic E-state index is 3.59. The molecule has 0 aromatic carbocycles. The number of rotatable bonds is 1. The molecule has 0 aromatic heterocycles. The number of allylic oxidation sites excluding steroid dienone is 4. The Labute approximate surface area is 75.4 Å². The summed E-state index contributed by atoms with van der Waals surface area (Å²) in [6.07, 6.45) is 10.3. The lowest BCUT2D eigenvalue weighted by molar-refractivity contribution is 0.607. The predicted molar refractivity (Wildman–Crippen MR) is 51.7 cm³/mol. The van der Waals surface area contributed by atoms with E-state index in [1.54, 1.807) is 11.1 Å². The topological polar surface area (TPSA) is 0 Å². The Morgan fingerprint density at radius 3 is 2.83 bits per heavy atom. The van der Waals surface area contributed by atoms with E-state index in [9.17, 15) is 0 Å². The molecule has 0 aromatic rings. The van der Waals surface area contributed by atoms with Crippen molar-refractivity contribution in [1.29, 1.82) is 0 Å². The number of hydrogen-bond donors (Lipinski definition) is 0. The van der Waals surface area contributed by atoms with Gasteiger partial charge in [0, 0.05) is 5.92 Å². The fraction of sp³-hybridized carbons (Fsp3) is 0.667. The van der Waals surface area contributed by atoms with E-state index in [1.807, 2.05) is 0 Å². The van der Waals surface area contributed by atoms with Gasteiger partial charge in [0.15, 0.2) is 0 Å². The Morgan fingerprint density at radius 2 is 2.08 bits per heavy atom. The van der Waals surface area contributed by atoms with Crippen LogP contribution in [0.4, 0.5) is 0 Å². The summed E-state index contributed by atoms with van der Waals surface area (Å²) in [5, 5.41) is 0. The first-order valence-electron chi connectivity index (χ1n) is 5.15. The first-order valence-corrected chi connectivity index (χ1v) is 5.15. The van der Waals surface area contributed by atoms with Crippen LogP contribution in [0.5, 0.6) is 0 Å². The molecule has 0 bridgehead atoms. The van der Waals surface area contributed by atoms with E-state index < -0.39 is 0 Å². The van der Waals surface area contributed by atoms with Crippen LogP contribution in [0.25, 0.3) is 0 Å². The lowest BCUT2D eigenvalue weighted by Crippen LogP contribution is -2.02. The van der Waals surface area contributed by atoms with Crippen LogP contribution in [-0.4, -0.2) is 0 Å². The van der Waals surface area contributed by atoms with Crippen LogP contribution in [0.15, 0.2) is 16.7 Å². The van der Waals surface area contributed by atoms with E-state index in [0.29, 0.717) is 5.92 Å². The fourth-order valence-corrected chi connectivity index (χ4v) is 2.53. The largest absolute Gasteiger partial charge is 0.0645 e. The van der Waals surface area contributed by atoms with Gasteiger partial charge in [-0.1, -0.05) is 12.5 Å². The van der Waals surface area contributed by atoms with E-state index in [4.69, 9.17) is 0 Å². The molecule has 1 radical (unpaired) electrons. The maximum Gasteiger partial charge on any atom is 0.00572 e. The Balaban J connectivity index is 2.29. The normalized spacial score (nSPS) is 28.8.